The Morgan fingerprint density at radius 1 is 1.26 bits per heavy atom. The highest BCUT2D eigenvalue weighted by Gasteiger charge is 2.21. The molecular weight excluding hydrogens is 340 g/mol. The second-order valence-electron chi connectivity index (χ2n) is 7.25. The molecular formula is C21H34N4O2. The van der Waals surface area contributed by atoms with Crippen molar-refractivity contribution in [3.8, 4) is 5.75 Å². The summed E-state index contributed by atoms with van der Waals surface area (Å²) in [4.78, 5) is 15.6. The smallest absolute Gasteiger partial charge is 0.255 e. The fourth-order valence-corrected chi connectivity index (χ4v) is 3.58. The van der Waals surface area contributed by atoms with Crippen LogP contribution in [0.5, 0.6) is 5.75 Å². The molecule has 0 saturated heterocycles. The lowest BCUT2D eigenvalue weighted by Crippen LogP contribution is -2.44. The van der Waals surface area contributed by atoms with Crippen molar-refractivity contribution in [2.45, 2.75) is 65.0 Å². The zero-order chi connectivity index (χ0) is 19.5. The monoisotopic (exact) mass is 374 g/mol. The number of rotatable bonds is 9. The van der Waals surface area contributed by atoms with E-state index >= 15 is 0 Å². The Bertz CT molecular complexity index is 610. The summed E-state index contributed by atoms with van der Waals surface area (Å²) in [5, 5.41) is 6.93. The van der Waals surface area contributed by atoms with Crippen LogP contribution in [0.25, 0.3) is 0 Å². The molecule has 1 aliphatic carbocycles. The number of guanidine groups is 1. The highest BCUT2D eigenvalue weighted by Crippen LogP contribution is 2.27. The molecule has 0 aromatic heterocycles. The van der Waals surface area contributed by atoms with Crippen molar-refractivity contribution >= 4 is 11.9 Å². The van der Waals surface area contributed by atoms with Gasteiger partial charge in [0.2, 0.25) is 0 Å². The van der Waals surface area contributed by atoms with E-state index in [0.717, 1.165) is 24.0 Å². The zero-order valence-corrected chi connectivity index (χ0v) is 16.7. The fourth-order valence-electron chi connectivity index (χ4n) is 3.58. The Morgan fingerprint density at radius 3 is 2.70 bits per heavy atom. The normalized spacial score (nSPS) is 20.1. The molecule has 0 bridgehead atoms. The number of amides is 1. The van der Waals surface area contributed by atoms with E-state index in [2.05, 4.69) is 24.5 Å². The fraction of sp³-hybridized carbons (Fsp3) is 0.619. The molecule has 1 saturated carbocycles. The van der Waals surface area contributed by atoms with Gasteiger partial charge in [0, 0.05) is 12.6 Å². The van der Waals surface area contributed by atoms with E-state index in [0.29, 0.717) is 18.3 Å². The Labute approximate surface area is 163 Å². The lowest BCUT2D eigenvalue weighted by Gasteiger charge is -2.30. The summed E-state index contributed by atoms with van der Waals surface area (Å²) < 4.78 is 5.36. The number of hydrogen-bond donors (Lipinski definition) is 3. The maximum atomic E-state index is 10.8. The van der Waals surface area contributed by atoms with Crippen LogP contribution in [0, 0.1) is 5.92 Å². The van der Waals surface area contributed by atoms with Gasteiger partial charge in [-0.2, -0.15) is 0 Å². The first-order valence-electron chi connectivity index (χ1n) is 10.2. The van der Waals surface area contributed by atoms with Crippen LogP contribution in [0.15, 0.2) is 29.3 Å². The van der Waals surface area contributed by atoms with Crippen molar-refractivity contribution in [3.05, 3.63) is 29.8 Å². The number of primary amides is 1. The van der Waals surface area contributed by atoms with E-state index in [9.17, 15) is 4.79 Å². The largest absolute Gasteiger partial charge is 0.484 e. The van der Waals surface area contributed by atoms with Gasteiger partial charge in [0.1, 0.15) is 5.75 Å². The SMILES string of the molecule is CCCC1CCC(NC(=NCc2cccc(OCC(N)=O)c2)NCC)CC1. The van der Waals surface area contributed by atoms with E-state index in [1.54, 1.807) is 0 Å². The third kappa shape index (κ3) is 7.89. The van der Waals surface area contributed by atoms with Gasteiger partial charge in [-0.3, -0.25) is 4.79 Å². The predicted octanol–water partition coefficient (Wildman–Crippen LogP) is 2.96. The van der Waals surface area contributed by atoms with Gasteiger partial charge in [-0.15, -0.1) is 0 Å². The molecule has 2 rings (SSSR count). The number of ether oxygens (including phenoxy) is 1. The van der Waals surface area contributed by atoms with Crippen LogP contribution in [0.1, 0.15) is 57.9 Å². The number of carbonyl (C=O) groups excluding carboxylic acids is 1. The van der Waals surface area contributed by atoms with Crippen LogP contribution in [-0.4, -0.2) is 31.1 Å². The van der Waals surface area contributed by atoms with Gasteiger partial charge in [0.15, 0.2) is 12.6 Å². The van der Waals surface area contributed by atoms with E-state index in [1.165, 1.54) is 38.5 Å². The lowest BCUT2D eigenvalue weighted by atomic mass is 9.83. The Kier molecular flexibility index (Phi) is 8.95. The molecule has 1 aliphatic rings. The van der Waals surface area contributed by atoms with Crippen molar-refractivity contribution in [2.75, 3.05) is 13.2 Å². The third-order valence-electron chi connectivity index (χ3n) is 4.93. The Morgan fingerprint density at radius 2 is 2.04 bits per heavy atom. The van der Waals surface area contributed by atoms with Crippen molar-refractivity contribution in [1.82, 2.24) is 10.6 Å². The molecule has 6 heteroatoms. The second kappa shape index (κ2) is 11.5. The first-order chi connectivity index (χ1) is 13.1. The molecule has 150 valence electrons. The molecule has 0 heterocycles. The quantitative estimate of drug-likeness (QED) is 0.458. The first-order valence-corrected chi connectivity index (χ1v) is 10.2. The maximum absolute atomic E-state index is 10.8. The number of carbonyl (C=O) groups is 1. The van der Waals surface area contributed by atoms with Gasteiger partial charge in [-0.05, 0) is 56.2 Å². The molecule has 0 aliphatic heterocycles. The van der Waals surface area contributed by atoms with Crippen molar-refractivity contribution in [1.29, 1.82) is 0 Å². The van der Waals surface area contributed by atoms with Gasteiger partial charge in [0.05, 0.1) is 6.54 Å². The second-order valence-corrected chi connectivity index (χ2v) is 7.25. The number of hydrogen-bond acceptors (Lipinski definition) is 3. The van der Waals surface area contributed by atoms with Crippen LogP contribution in [-0.2, 0) is 11.3 Å². The number of nitrogens with zero attached hydrogens (tertiary/aromatic N) is 1. The molecule has 1 amide bonds. The van der Waals surface area contributed by atoms with Gasteiger partial charge < -0.3 is 21.1 Å². The van der Waals surface area contributed by atoms with Gasteiger partial charge >= 0.3 is 0 Å². The summed E-state index contributed by atoms with van der Waals surface area (Å²) in [7, 11) is 0. The predicted molar refractivity (Wildman–Crippen MR) is 110 cm³/mol. The van der Waals surface area contributed by atoms with Crippen LogP contribution in [0.4, 0.5) is 0 Å². The minimum Gasteiger partial charge on any atom is -0.484 e. The van der Waals surface area contributed by atoms with Crippen LogP contribution in [0.2, 0.25) is 0 Å². The van der Waals surface area contributed by atoms with E-state index < -0.39 is 5.91 Å². The minimum absolute atomic E-state index is 0.113. The third-order valence-corrected chi connectivity index (χ3v) is 4.93. The van der Waals surface area contributed by atoms with E-state index in [-0.39, 0.29) is 6.61 Å². The molecule has 0 radical (unpaired) electrons. The minimum atomic E-state index is -0.481. The molecule has 0 unspecified atom stereocenters. The highest BCUT2D eigenvalue weighted by molar-refractivity contribution is 5.80. The molecule has 1 fully saturated rings. The molecule has 1 aromatic carbocycles. The average Bonchev–Trinajstić information content (AvgIpc) is 2.67. The number of nitrogens with one attached hydrogen (secondary N) is 2. The van der Waals surface area contributed by atoms with Crippen LogP contribution < -0.4 is 21.1 Å². The van der Waals surface area contributed by atoms with Crippen molar-refractivity contribution in [3.63, 3.8) is 0 Å². The highest BCUT2D eigenvalue weighted by atomic mass is 16.5. The maximum Gasteiger partial charge on any atom is 0.255 e. The Hall–Kier alpha value is -2.24. The summed E-state index contributed by atoms with van der Waals surface area (Å²) in [5.41, 5.74) is 6.15. The summed E-state index contributed by atoms with van der Waals surface area (Å²) in [6.45, 7) is 5.62. The summed E-state index contributed by atoms with van der Waals surface area (Å²) in [6, 6.07) is 8.11. The molecule has 0 atom stereocenters. The molecule has 4 N–H and O–H groups in total. The summed E-state index contributed by atoms with van der Waals surface area (Å²) in [6.07, 6.45) is 7.69. The lowest BCUT2D eigenvalue weighted by molar-refractivity contribution is -0.119. The van der Waals surface area contributed by atoms with Gasteiger partial charge in [0.25, 0.3) is 5.91 Å². The van der Waals surface area contributed by atoms with Crippen LogP contribution >= 0.6 is 0 Å². The molecule has 27 heavy (non-hydrogen) atoms. The first kappa shape index (κ1) is 21.1. The standard InChI is InChI=1S/C21H34N4O2/c1-3-6-16-9-11-18(12-10-16)25-21(23-4-2)24-14-17-7-5-8-19(13-17)27-15-20(22)26/h5,7-8,13,16,18H,3-4,6,9-12,14-15H2,1-2H3,(H2,22,26)(H2,23,24,25). The summed E-state index contributed by atoms with van der Waals surface area (Å²) >= 11 is 0. The number of nitrogens with two attached hydrogens (primary N) is 1. The van der Waals surface area contributed by atoms with Crippen LogP contribution in [0.3, 0.4) is 0 Å². The number of benzene rings is 1. The average molecular weight is 375 g/mol. The summed E-state index contributed by atoms with van der Waals surface area (Å²) in [5.74, 6) is 1.91. The van der Waals surface area contributed by atoms with Gasteiger partial charge in [-0.25, -0.2) is 4.99 Å². The Balaban J connectivity index is 1.89. The van der Waals surface area contributed by atoms with Crippen molar-refractivity contribution in [2.24, 2.45) is 16.6 Å². The molecule has 0 spiro atoms. The molecule has 1 aromatic rings. The molecule has 6 nitrogen and oxygen atoms in total. The number of aliphatic imine (C=N–C) groups is 1. The topological polar surface area (TPSA) is 88.7 Å². The van der Waals surface area contributed by atoms with Crippen molar-refractivity contribution < 1.29 is 9.53 Å². The zero-order valence-electron chi connectivity index (χ0n) is 16.7. The van der Waals surface area contributed by atoms with E-state index in [4.69, 9.17) is 15.5 Å². The van der Waals surface area contributed by atoms with E-state index in [1.807, 2.05) is 24.3 Å². The van der Waals surface area contributed by atoms with Gasteiger partial charge in [-0.1, -0.05) is 31.9 Å².